The van der Waals surface area contributed by atoms with Gasteiger partial charge in [-0.25, -0.2) is 4.79 Å². The Morgan fingerprint density at radius 3 is 2.24 bits per heavy atom. The van der Waals surface area contributed by atoms with E-state index in [9.17, 15) is 4.79 Å². The Hall–Kier alpha value is -2.24. The third-order valence-electron chi connectivity index (χ3n) is 3.63. The number of benzene rings is 2. The summed E-state index contributed by atoms with van der Waals surface area (Å²) in [6.45, 7) is 2.73. The van der Waals surface area contributed by atoms with Crippen LogP contribution in [0.5, 0.6) is 5.75 Å². The van der Waals surface area contributed by atoms with Crippen LogP contribution in [0.2, 0.25) is 0 Å². The summed E-state index contributed by atoms with van der Waals surface area (Å²) < 4.78 is 10.9. The van der Waals surface area contributed by atoms with E-state index in [0.29, 0.717) is 19.6 Å². The predicted molar refractivity (Wildman–Crippen MR) is 100 cm³/mol. The van der Waals surface area contributed by atoms with Crippen LogP contribution in [-0.4, -0.2) is 30.4 Å². The lowest BCUT2D eigenvalue weighted by Crippen LogP contribution is -2.26. The predicted octanol–water partition coefficient (Wildman–Crippen LogP) is 3.34. The Kier molecular flexibility index (Phi) is 8.81. The van der Waals surface area contributed by atoms with E-state index in [1.54, 1.807) is 6.92 Å². The molecular weight excluding hydrogens is 342 g/mol. The standard InChI is InChI=1S/C19H23NO4.ClH/c1-2-23-18(19(21)22)13-15-5-9-17(10-6-15)24-12-11-14-3-7-16(20)8-4-14;/h3-10,18H,2,11-13,20H2,1H3,(H,21,22);1H/t18-;/m0./s1. The van der Waals surface area contributed by atoms with Gasteiger partial charge in [-0.05, 0) is 42.3 Å². The number of aliphatic carboxylic acids is 1. The second-order valence-corrected chi connectivity index (χ2v) is 5.47. The average molecular weight is 366 g/mol. The summed E-state index contributed by atoms with van der Waals surface area (Å²) in [5.74, 6) is -0.182. The highest BCUT2D eigenvalue weighted by Gasteiger charge is 2.17. The van der Waals surface area contributed by atoms with E-state index in [-0.39, 0.29) is 12.4 Å². The minimum Gasteiger partial charge on any atom is -0.493 e. The van der Waals surface area contributed by atoms with E-state index in [0.717, 1.165) is 23.4 Å². The number of hydrogen-bond acceptors (Lipinski definition) is 4. The van der Waals surface area contributed by atoms with Crippen molar-refractivity contribution in [2.45, 2.75) is 25.9 Å². The maximum Gasteiger partial charge on any atom is 0.333 e. The van der Waals surface area contributed by atoms with Gasteiger partial charge < -0.3 is 20.3 Å². The van der Waals surface area contributed by atoms with Crippen molar-refractivity contribution in [3.05, 3.63) is 59.7 Å². The maximum atomic E-state index is 11.1. The number of rotatable bonds is 9. The molecule has 0 aromatic heterocycles. The Balaban J connectivity index is 0.00000312. The Morgan fingerprint density at radius 1 is 1.08 bits per heavy atom. The lowest BCUT2D eigenvalue weighted by molar-refractivity contribution is -0.149. The van der Waals surface area contributed by atoms with Crippen LogP contribution in [0.3, 0.4) is 0 Å². The molecule has 0 heterocycles. The number of carboxylic acids is 1. The van der Waals surface area contributed by atoms with E-state index in [2.05, 4.69) is 0 Å². The third kappa shape index (κ3) is 7.03. The van der Waals surface area contributed by atoms with Gasteiger partial charge in [0.2, 0.25) is 0 Å². The van der Waals surface area contributed by atoms with Crippen molar-refractivity contribution in [3.63, 3.8) is 0 Å². The molecular formula is C19H24ClNO4. The molecule has 0 fully saturated rings. The van der Waals surface area contributed by atoms with Gasteiger partial charge in [0, 0.05) is 25.1 Å². The van der Waals surface area contributed by atoms with Crippen molar-refractivity contribution in [2.24, 2.45) is 0 Å². The van der Waals surface area contributed by atoms with Crippen molar-refractivity contribution < 1.29 is 19.4 Å². The first-order valence-electron chi connectivity index (χ1n) is 7.99. The van der Waals surface area contributed by atoms with Gasteiger partial charge in [0.25, 0.3) is 0 Å². The lowest BCUT2D eigenvalue weighted by Gasteiger charge is -2.13. The van der Waals surface area contributed by atoms with Gasteiger partial charge in [-0.3, -0.25) is 0 Å². The fourth-order valence-electron chi connectivity index (χ4n) is 2.33. The molecule has 0 saturated carbocycles. The molecule has 2 aromatic rings. The number of halogens is 1. The molecule has 0 radical (unpaired) electrons. The largest absolute Gasteiger partial charge is 0.493 e. The summed E-state index contributed by atoms with van der Waals surface area (Å²) >= 11 is 0. The highest BCUT2D eigenvalue weighted by Crippen LogP contribution is 2.15. The topological polar surface area (TPSA) is 81.8 Å². The molecule has 0 aliphatic carbocycles. The molecule has 0 aliphatic rings. The summed E-state index contributed by atoms with van der Waals surface area (Å²) in [4.78, 5) is 11.1. The summed E-state index contributed by atoms with van der Waals surface area (Å²) in [7, 11) is 0. The monoisotopic (exact) mass is 365 g/mol. The quantitative estimate of drug-likeness (QED) is 0.666. The zero-order valence-electron chi connectivity index (χ0n) is 14.2. The van der Waals surface area contributed by atoms with Gasteiger partial charge in [0.15, 0.2) is 6.10 Å². The number of carboxylic acid groups (broad SMARTS) is 1. The van der Waals surface area contributed by atoms with Gasteiger partial charge >= 0.3 is 5.97 Å². The first-order chi connectivity index (χ1) is 11.6. The lowest BCUT2D eigenvalue weighted by atomic mass is 10.1. The number of hydrogen-bond donors (Lipinski definition) is 2. The van der Waals surface area contributed by atoms with Crippen molar-refractivity contribution in [3.8, 4) is 5.75 Å². The van der Waals surface area contributed by atoms with Crippen LogP contribution < -0.4 is 10.5 Å². The molecule has 0 amide bonds. The highest BCUT2D eigenvalue weighted by atomic mass is 35.5. The summed E-state index contributed by atoms with van der Waals surface area (Å²) in [5.41, 5.74) is 8.48. The third-order valence-corrected chi connectivity index (χ3v) is 3.63. The first kappa shape index (κ1) is 20.8. The highest BCUT2D eigenvalue weighted by molar-refractivity contribution is 5.85. The number of nitrogens with two attached hydrogens (primary N) is 1. The molecule has 5 nitrogen and oxygen atoms in total. The molecule has 25 heavy (non-hydrogen) atoms. The SMILES string of the molecule is CCO[C@@H](Cc1ccc(OCCc2ccc(N)cc2)cc1)C(=O)O.Cl. The molecule has 3 N–H and O–H groups in total. The van der Waals surface area contributed by atoms with E-state index >= 15 is 0 Å². The summed E-state index contributed by atoms with van der Waals surface area (Å²) in [5, 5.41) is 9.10. The maximum absolute atomic E-state index is 11.1. The van der Waals surface area contributed by atoms with E-state index < -0.39 is 12.1 Å². The number of nitrogen functional groups attached to an aromatic ring is 1. The fourth-order valence-corrected chi connectivity index (χ4v) is 2.33. The van der Waals surface area contributed by atoms with E-state index in [4.69, 9.17) is 20.3 Å². The van der Waals surface area contributed by atoms with Crippen molar-refractivity contribution in [1.82, 2.24) is 0 Å². The molecule has 0 bridgehead atoms. The number of ether oxygens (including phenoxy) is 2. The van der Waals surface area contributed by atoms with Crippen molar-refractivity contribution >= 4 is 24.1 Å². The van der Waals surface area contributed by atoms with Crippen LogP contribution in [0.25, 0.3) is 0 Å². The Labute approximate surface area is 154 Å². The van der Waals surface area contributed by atoms with Crippen molar-refractivity contribution in [1.29, 1.82) is 0 Å². The molecule has 0 saturated heterocycles. The molecule has 136 valence electrons. The van der Waals surface area contributed by atoms with Gasteiger partial charge in [-0.1, -0.05) is 24.3 Å². The van der Waals surface area contributed by atoms with Crippen LogP contribution in [0.15, 0.2) is 48.5 Å². The van der Waals surface area contributed by atoms with Crippen molar-refractivity contribution in [2.75, 3.05) is 18.9 Å². The molecule has 1 atom stereocenters. The molecule has 6 heteroatoms. The Bertz CT molecular complexity index is 643. The van der Waals surface area contributed by atoms with Crippen LogP contribution in [0.4, 0.5) is 5.69 Å². The molecule has 2 aromatic carbocycles. The number of carbonyl (C=O) groups is 1. The smallest absolute Gasteiger partial charge is 0.333 e. The second-order valence-electron chi connectivity index (χ2n) is 5.47. The van der Waals surface area contributed by atoms with E-state index in [1.165, 1.54) is 5.56 Å². The Morgan fingerprint density at radius 2 is 1.68 bits per heavy atom. The molecule has 0 unspecified atom stereocenters. The van der Waals surface area contributed by atoms with Crippen LogP contribution in [-0.2, 0) is 22.4 Å². The summed E-state index contributed by atoms with van der Waals surface area (Å²) in [6, 6.07) is 15.2. The van der Waals surface area contributed by atoms with Gasteiger partial charge in [-0.2, -0.15) is 0 Å². The molecule has 0 aliphatic heterocycles. The van der Waals surface area contributed by atoms with Crippen LogP contribution in [0.1, 0.15) is 18.1 Å². The minimum absolute atomic E-state index is 0. The molecule has 0 spiro atoms. The van der Waals surface area contributed by atoms with Gasteiger partial charge in [0.05, 0.1) is 6.61 Å². The zero-order chi connectivity index (χ0) is 17.4. The molecule has 2 rings (SSSR count). The summed E-state index contributed by atoms with van der Waals surface area (Å²) in [6.07, 6.45) is 0.329. The number of anilines is 1. The van der Waals surface area contributed by atoms with Crippen LogP contribution in [0, 0.1) is 0 Å². The first-order valence-corrected chi connectivity index (χ1v) is 7.99. The van der Waals surface area contributed by atoms with Gasteiger partial charge in [0.1, 0.15) is 5.75 Å². The zero-order valence-corrected chi connectivity index (χ0v) is 15.0. The fraction of sp³-hybridized carbons (Fsp3) is 0.316. The minimum atomic E-state index is -0.944. The van der Waals surface area contributed by atoms with Crippen LogP contribution >= 0.6 is 12.4 Å². The second kappa shape index (κ2) is 10.6. The average Bonchev–Trinajstić information content (AvgIpc) is 2.57. The van der Waals surface area contributed by atoms with E-state index in [1.807, 2.05) is 48.5 Å². The normalized spacial score (nSPS) is 11.4. The van der Waals surface area contributed by atoms with Gasteiger partial charge in [-0.15, -0.1) is 12.4 Å².